The minimum absolute atomic E-state index is 0. The number of nitrogens with one attached hydrogen (secondary N) is 1. The first-order valence-corrected chi connectivity index (χ1v) is 5.94. The average molecular weight is 322 g/mol. The quantitative estimate of drug-likeness (QED) is 0.899. The van der Waals surface area contributed by atoms with Crippen LogP contribution in [-0.4, -0.2) is 18.0 Å². The molecule has 1 amide bonds. The summed E-state index contributed by atoms with van der Waals surface area (Å²) in [7, 11) is 0. The molecule has 5 heteroatoms. The molecule has 0 saturated carbocycles. The highest BCUT2D eigenvalue weighted by Crippen LogP contribution is 2.17. The Morgan fingerprint density at radius 1 is 1.47 bits per heavy atom. The second-order valence-corrected chi connectivity index (χ2v) is 5.36. The van der Waals surface area contributed by atoms with Gasteiger partial charge >= 0.3 is 0 Å². The van der Waals surface area contributed by atoms with E-state index in [0.29, 0.717) is 12.1 Å². The lowest BCUT2D eigenvalue weighted by Gasteiger charge is -2.24. The second kappa shape index (κ2) is 6.38. The molecule has 3 N–H and O–H groups in total. The zero-order valence-corrected chi connectivity index (χ0v) is 12.6. The van der Waals surface area contributed by atoms with Gasteiger partial charge in [0.25, 0.3) is 5.91 Å². The summed E-state index contributed by atoms with van der Waals surface area (Å²) in [6.45, 7) is 6.16. The number of carbonyl (C=O) groups excluding carboxylic acids is 1. The molecule has 1 rings (SSSR count). The van der Waals surface area contributed by atoms with E-state index in [2.05, 4.69) is 21.2 Å². The van der Waals surface area contributed by atoms with Crippen LogP contribution >= 0.6 is 28.3 Å². The van der Waals surface area contributed by atoms with Crippen molar-refractivity contribution in [3.8, 4) is 0 Å². The summed E-state index contributed by atoms with van der Waals surface area (Å²) in [5, 5.41) is 2.89. The molecule has 0 radical (unpaired) electrons. The average Bonchev–Trinajstić information content (AvgIpc) is 2.21. The summed E-state index contributed by atoms with van der Waals surface area (Å²) >= 11 is 3.40. The molecule has 3 nitrogen and oxygen atoms in total. The van der Waals surface area contributed by atoms with Gasteiger partial charge < -0.3 is 11.1 Å². The van der Waals surface area contributed by atoms with Crippen LogP contribution in [0.5, 0.6) is 0 Å². The number of halogens is 2. The summed E-state index contributed by atoms with van der Waals surface area (Å²) in [6.07, 6.45) is 0. The molecule has 0 unspecified atom stereocenters. The van der Waals surface area contributed by atoms with E-state index in [0.717, 1.165) is 10.0 Å². The maximum Gasteiger partial charge on any atom is 0.251 e. The lowest BCUT2D eigenvalue weighted by molar-refractivity contribution is 0.0915. The summed E-state index contributed by atoms with van der Waals surface area (Å²) in [5.41, 5.74) is 6.88. The molecular weight excluding hydrogens is 304 g/mol. The molecule has 0 bridgehead atoms. The number of hydrogen-bond donors (Lipinski definition) is 2. The highest BCUT2D eigenvalue weighted by Gasteiger charge is 2.19. The Kier molecular flexibility index (Phi) is 6.16. The van der Waals surface area contributed by atoms with Crippen LogP contribution in [0.3, 0.4) is 0 Å². The minimum atomic E-state index is -0.377. The lowest BCUT2D eigenvalue weighted by atomic mass is 10.0. The van der Waals surface area contributed by atoms with Crippen molar-refractivity contribution in [1.29, 1.82) is 0 Å². The molecule has 0 saturated heterocycles. The largest absolute Gasteiger partial charge is 0.346 e. The smallest absolute Gasteiger partial charge is 0.251 e. The van der Waals surface area contributed by atoms with E-state index in [9.17, 15) is 4.79 Å². The summed E-state index contributed by atoms with van der Waals surface area (Å²) in [5.74, 6) is -0.0916. The first-order valence-electron chi connectivity index (χ1n) is 5.14. The van der Waals surface area contributed by atoms with E-state index in [4.69, 9.17) is 5.73 Å². The van der Waals surface area contributed by atoms with E-state index in [-0.39, 0.29) is 23.9 Å². The fourth-order valence-corrected chi connectivity index (χ4v) is 1.46. The molecule has 0 atom stereocenters. The van der Waals surface area contributed by atoms with Gasteiger partial charge in [-0.2, -0.15) is 0 Å². The highest BCUT2D eigenvalue weighted by atomic mass is 79.9. The van der Waals surface area contributed by atoms with Crippen LogP contribution in [0.1, 0.15) is 29.8 Å². The number of carbonyl (C=O) groups is 1. The molecule has 1 aromatic rings. The van der Waals surface area contributed by atoms with Crippen molar-refractivity contribution in [3.05, 3.63) is 33.8 Å². The Labute approximate surface area is 117 Å². The summed E-state index contributed by atoms with van der Waals surface area (Å²) < 4.78 is 1.00. The van der Waals surface area contributed by atoms with Crippen LogP contribution < -0.4 is 11.1 Å². The van der Waals surface area contributed by atoms with Gasteiger partial charge in [0.15, 0.2) is 0 Å². The fraction of sp³-hybridized carbons (Fsp3) is 0.417. The number of hydrogen-bond acceptors (Lipinski definition) is 2. The van der Waals surface area contributed by atoms with Crippen molar-refractivity contribution >= 4 is 34.2 Å². The van der Waals surface area contributed by atoms with Crippen molar-refractivity contribution in [2.45, 2.75) is 26.3 Å². The third kappa shape index (κ3) is 4.66. The molecule has 0 aliphatic heterocycles. The molecule has 0 aliphatic rings. The zero-order chi connectivity index (χ0) is 12.3. The van der Waals surface area contributed by atoms with Gasteiger partial charge in [0, 0.05) is 22.1 Å². The highest BCUT2D eigenvalue weighted by molar-refractivity contribution is 9.10. The van der Waals surface area contributed by atoms with Crippen LogP contribution in [0.4, 0.5) is 0 Å². The third-order valence-corrected chi connectivity index (χ3v) is 3.27. The van der Waals surface area contributed by atoms with Gasteiger partial charge in [-0.15, -0.1) is 12.4 Å². The SMILES string of the molecule is Cc1cc(C(=O)NC(C)(C)CN)ccc1Br.Cl. The number of rotatable bonds is 3. The molecule has 17 heavy (non-hydrogen) atoms. The lowest BCUT2D eigenvalue weighted by Crippen LogP contribution is -2.48. The first-order chi connectivity index (χ1) is 7.35. The summed E-state index contributed by atoms with van der Waals surface area (Å²) in [4.78, 5) is 11.9. The maximum atomic E-state index is 11.9. The van der Waals surface area contributed by atoms with Crippen LogP contribution in [0.25, 0.3) is 0 Å². The van der Waals surface area contributed by atoms with Crippen molar-refractivity contribution in [2.24, 2.45) is 5.73 Å². The second-order valence-electron chi connectivity index (χ2n) is 4.51. The normalized spacial score (nSPS) is 10.6. The molecule has 0 aromatic heterocycles. The van der Waals surface area contributed by atoms with Gasteiger partial charge in [-0.1, -0.05) is 15.9 Å². The van der Waals surface area contributed by atoms with E-state index >= 15 is 0 Å². The molecule has 0 spiro atoms. The summed E-state index contributed by atoms with van der Waals surface area (Å²) in [6, 6.07) is 5.52. The Morgan fingerprint density at radius 2 is 2.06 bits per heavy atom. The number of benzene rings is 1. The molecule has 0 fully saturated rings. The van der Waals surface area contributed by atoms with Crippen molar-refractivity contribution < 1.29 is 4.79 Å². The maximum absolute atomic E-state index is 11.9. The number of amides is 1. The van der Waals surface area contributed by atoms with Crippen molar-refractivity contribution in [3.63, 3.8) is 0 Å². The minimum Gasteiger partial charge on any atom is -0.346 e. The van der Waals surface area contributed by atoms with E-state index in [1.807, 2.05) is 32.9 Å². The zero-order valence-electron chi connectivity index (χ0n) is 10.2. The van der Waals surface area contributed by atoms with Gasteiger partial charge in [-0.25, -0.2) is 0 Å². The monoisotopic (exact) mass is 320 g/mol. The topological polar surface area (TPSA) is 55.1 Å². The Bertz CT molecular complexity index is 407. The third-order valence-electron chi connectivity index (χ3n) is 2.38. The number of aryl methyl sites for hydroxylation is 1. The predicted octanol–water partition coefficient (Wildman–Crippen LogP) is 2.65. The van der Waals surface area contributed by atoms with Crippen molar-refractivity contribution in [1.82, 2.24) is 5.32 Å². The Morgan fingerprint density at radius 3 is 2.53 bits per heavy atom. The van der Waals surface area contributed by atoms with Gasteiger partial charge in [-0.05, 0) is 44.5 Å². The van der Waals surface area contributed by atoms with Crippen LogP contribution in [0, 0.1) is 6.92 Å². The van der Waals surface area contributed by atoms with Crippen molar-refractivity contribution in [2.75, 3.05) is 6.54 Å². The standard InChI is InChI=1S/C12H17BrN2O.ClH/c1-8-6-9(4-5-10(8)13)11(16)15-12(2,3)7-14;/h4-6H,7,14H2,1-3H3,(H,15,16);1H. The molecule has 96 valence electrons. The van der Waals surface area contributed by atoms with Crippen LogP contribution in [0.15, 0.2) is 22.7 Å². The Balaban J connectivity index is 0.00000256. The van der Waals surface area contributed by atoms with Gasteiger partial charge in [0.2, 0.25) is 0 Å². The van der Waals surface area contributed by atoms with Gasteiger partial charge in [0.05, 0.1) is 0 Å². The van der Waals surface area contributed by atoms with Crippen LogP contribution in [-0.2, 0) is 0 Å². The molecule has 0 heterocycles. The molecule has 1 aromatic carbocycles. The molecular formula is C12H18BrClN2O. The number of nitrogens with two attached hydrogens (primary N) is 1. The fourth-order valence-electron chi connectivity index (χ4n) is 1.22. The van der Waals surface area contributed by atoms with E-state index in [1.54, 1.807) is 6.07 Å². The van der Waals surface area contributed by atoms with E-state index in [1.165, 1.54) is 0 Å². The first kappa shape index (κ1) is 16.4. The van der Waals surface area contributed by atoms with Crippen LogP contribution in [0.2, 0.25) is 0 Å². The Hall–Kier alpha value is -0.580. The van der Waals surface area contributed by atoms with Gasteiger partial charge in [-0.3, -0.25) is 4.79 Å². The van der Waals surface area contributed by atoms with Gasteiger partial charge in [0.1, 0.15) is 0 Å². The molecule has 0 aliphatic carbocycles. The predicted molar refractivity (Wildman–Crippen MR) is 76.7 cm³/mol. The van der Waals surface area contributed by atoms with E-state index < -0.39 is 0 Å².